The van der Waals surface area contributed by atoms with E-state index in [2.05, 4.69) is 35.3 Å². The van der Waals surface area contributed by atoms with E-state index in [-0.39, 0.29) is 0 Å². The van der Waals surface area contributed by atoms with Crippen LogP contribution in [0.1, 0.15) is 12.5 Å². The second kappa shape index (κ2) is 5.71. The Balaban J connectivity index is 2.11. The van der Waals surface area contributed by atoms with Crippen LogP contribution in [0.15, 0.2) is 54.6 Å². The summed E-state index contributed by atoms with van der Waals surface area (Å²) in [7, 11) is 1.53. The van der Waals surface area contributed by atoms with Crippen molar-refractivity contribution in [2.45, 2.75) is 12.5 Å². The van der Waals surface area contributed by atoms with Gasteiger partial charge in [-0.2, -0.15) is 5.26 Å². The van der Waals surface area contributed by atoms with Crippen LogP contribution in [0, 0.1) is 11.3 Å². The van der Waals surface area contributed by atoms with Gasteiger partial charge in [0.2, 0.25) is 5.88 Å². The predicted molar refractivity (Wildman–Crippen MR) is 90.9 cm³/mol. The third-order valence-electron chi connectivity index (χ3n) is 3.89. The van der Waals surface area contributed by atoms with E-state index in [0.29, 0.717) is 11.4 Å². The zero-order valence-corrected chi connectivity index (χ0v) is 13.1. The molecule has 114 valence electrons. The van der Waals surface area contributed by atoms with Crippen LogP contribution in [0.2, 0.25) is 0 Å². The summed E-state index contributed by atoms with van der Waals surface area (Å²) in [6.45, 7) is 1.64. The number of methoxy groups -OCH3 is 1. The van der Waals surface area contributed by atoms with Crippen molar-refractivity contribution in [3.63, 3.8) is 0 Å². The number of nitriles is 1. The molecule has 0 radical (unpaired) electrons. The molecular weight excluding hydrogens is 286 g/mol. The molecule has 1 aromatic heterocycles. The molecule has 0 saturated heterocycles. The fourth-order valence-electron chi connectivity index (χ4n) is 2.56. The normalized spacial score (nSPS) is 13.3. The molecule has 4 heteroatoms. The maximum Gasteiger partial charge on any atom is 0.219 e. The summed E-state index contributed by atoms with van der Waals surface area (Å²) in [4.78, 5) is 4.53. The molecule has 4 nitrogen and oxygen atoms in total. The molecule has 0 aliphatic rings. The average molecular weight is 303 g/mol. The minimum absolute atomic E-state index is 0.377. The minimum Gasteiger partial charge on any atom is -0.481 e. The smallest absolute Gasteiger partial charge is 0.219 e. The first-order valence-electron chi connectivity index (χ1n) is 7.30. The summed E-state index contributed by atoms with van der Waals surface area (Å²) in [5.41, 5.74) is 7.21. The maximum atomic E-state index is 9.21. The third kappa shape index (κ3) is 2.75. The fourth-order valence-corrected chi connectivity index (χ4v) is 2.56. The Morgan fingerprint density at radius 1 is 1.09 bits per heavy atom. The van der Waals surface area contributed by atoms with E-state index in [1.54, 1.807) is 13.0 Å². The van der Waals surface area contributed by atoms with Crippen molar-refractivity contribution in [1.82, 2.24) is 4.98 Å². The van der Waals surface area contributed by atoms with Crippen LogP contribution < -0.4 is 10.5 Å². The molecule has 0 amide bonds. The molecule has 1 heterocycles. The molecule has 2 aromatic carbocycles. The molecule has 0 aliphatic carbocycles. The lowest BCUT2D eigenvalue weighted by Crippen LogP contribution is -2.31. The first-order valence-corrected chi connectivity index (χ1v) is 7.30. The van der Waals surface area contributed by atoms with E-state index in [9.17, 15) is 5.26 Å². The van der Waals surface area contributed by atoms with Gasteiger partial charge in [-0.25, -0.2) is 4.98 Å². The Hall–Kier alpha value is -2.90. The summed E-state index contributed by atoms with van der Waals surface area (Å²) >= 11 is 0. The van der Waals surface area contributed by atoms with Gasteiger partial charge in [-0.15, -0.1) is 0 Å². The van der Waals surface area contributed by atoms with Gasteiger partial charge in [-0.1, -0.05) is 36.4 Å². The molecule has 0 saturated carbocycles. The van der Waals surface area contributed by atoms with Crippen LogP contribution >= 0.6 is 0 Å². The molecule has 3 aromatic rings. The number of ether oxygens (including phenoxy) is 1. The summed E-state index contributed by atoms with van der Waals surface area (Å²) in [5, 5.41) is 11.5. The molecule has 1 atom stereocenters. The van der Waals surface area contributed by atoms with Crippen molar-refractivity contribution in [3.05, 3.63) is 60.2 Å². The summed E-state index contributed by atoms with van der Waals surface area (Å²) in [5.74, 6) is 0.377. The highest BCUT2D eigenvalue weighted by Crippen LogP contribution is 2.30. The quantitative estimate of drug-likeness (QED) is 0.802. The Kier molecular flexibility index (Phi) is 3.73. The van der Waals surface area contributed by atoms with Gasteiger partial charge in [0.05, 0.1) is 18.9 Å². The van der Waals surface area contributed by atoms with E-state index in [4.69, 9.17) is 10.5 Å². The van der Waals surface area contributed by atoms with Crippen molar-refractivity contribution in [2.75, 3.05) is 7.11 Å². The number of hydrogen-bond acceptors (Lipinski definition) is 4. The SMILES string of the molecule is COc1nc(-c2ccc3ccccc3c2)ccc1C(C)(N)C#N. The predicted octanol–water partition coefficient (Wildman–Crippen LogP) is 3.61. The van der Waals surface area contributed by atoms with E-state index >= 15 is 0 Å². The molecule has 0 spiro atoms. The van der Waals surface area contributed by atoms with Gasteiger partial charge in [-0.05, 0) is 35.9 Å². The van der Waals surface area contributed by atoms with Crippen molar-refractivity contribution >= 4 is 10.8 Å². The molecule has 1 unspecified atom stereocenters. The average Bonchev–Trinajstić information content (AvgIpc) is 2.60. The lowest BCUT2D eigenvalue weighted by Gasteiger charge is -2.19. The highest BCUT2D eigenvalue weighted by molar-refractivity contribution is 5.86. The molecular formula is C19H17N3O. The van der Waals surface area contributed by atoms with Gasteiger partial charge in [0.15, 0.2) is 0 Å². The number of fused-ring (bicyclic) bond motifs is 1. The van der Waals surface area contributed by atoms with Crippen LogP contribution in [0.25, 0.3) is 22.0 Å². The zero-order chi connectivity index (χ0) is 16.4. The van der Waals surface area contributed by atoms with Crippen molar-refractivity contribution in [3.8, 4) is 23.2 Å². The molecule has 0 bridgehead atoms. The van der Waals surface area contributed by atoms with Crippen molar-refractivity contribution < 1.29 is 4.74 Å². The number of nitrogens with zero attached hydrogens (tertiary/aromatic N) is 2. The van der Waals surface area contributed by atoms with E-state index < -0.39 is 5.54 Å². The molecule has 0 fully saturated rings. The van der Waals surface area contributed by atoms with Gasteiger partial charge in [0.25, 0.3) is 0 Å². The lowest BCUT2D eigenvalue weighted by molar-refractivity contribution is 0.385. The summed E-state index contributed by atoms with van der Waals surface area (Å²) in [6.07, 6.45) is 0. The topological polar surface area (TPSA) is 71.9 Å². The Labute approximate surface area is 135 Å². The van der Waals surface area contributed by atoms with Gasteiger partial charge in [0.1, 0.15) is 5.54 Å². The van der Waals surface area contributed by atoms with Crippen molar-refractivity contribution in [2.24, 2.45) is 5.73 Å². The number of rotatable bonds is 3. The fraction of sp³-hybridized carbons (Fsp3) is 0.158. The Bertz CT molecular complexity index is 910. The highest BCUT2D eigenvalue weighted by Gasteiger charge is 2.26. The molecule has 2 N–H and O–H groups in total. The van der Waals surface area contributed by atoms with E-state index in [1.807, 2.05) is 24.3 Å². The number of benzene rings is 2. The number of hydrogen-bond donors (Lipinski definition) is 1. The maximum absolute atomic E-state index is 9.21. The molecule has 3 rings (SSSR count). The Morgan fingerprint density at radius 3 is 2.52 bits per heavy atom. The first kappa shape index (κ1) is 15.0. The van der Waals surface area contributed by atoms with Crippen LogP contribution in [-0.2, 0) is 5.54 Å². The second-order valence-corrected chi connectivity index (χ2v) is 5.63. The third-order valence-corrected chi connectivity index (χ3v) is 3.89. The van der Waals surface area contributed by atoms with E-state index in [1.165, 1.54) is 12.5 Å². The molecule has 23 heavy (non-hydrogen) atoms. The minimum atomic E-state index is -1.14. The zero-order valence-electron chi connectivity index (χ0n) is 13.1. The standard InChI is InChI=1S/C19H17N3O/c1-19(21,12-20)16-9-10-17(22-18(16)23-2)15-8-7-13-5-3-4-6-14(13)11-15/h3-11H,21H2,1-2H3. The van der Waals surface area contributed by atoms with Gasteiger partial charge in [-0.3, -0.25) is 0 Å². The second-order valence-electron chi connectivity index (χ2n) is 5.63. The van der Waals surface area contributed by atoms with Gasteiger partial charge >= 0.3 is 0 Å². The highest BCUT2D eigenvalue weighted by atomic mass is 16.5. The lowest BCUT2D eigenvalue weighted by atomic mass is 9.95. The van der Waals surface area contributed by atoms with Crippen LogP contribution in [0.3, 0.4) is 0 Å². The molecule has 0 aliphatic heterocycles. The van der Waals surface area contributed by atoms with Crippen molar-refractivity contribution in [1.29, 1.82) is 5.26 Å². The number of pyridine rings is 1. The summed E-state index contributed by atoms with van der Waals surface area (Å²) in [6, 6.07) is 20.1. The van der Waals surface area contributed by atoms with E-state index in [0.717, 1.165) is 16.6 Å². The van der Waals surface area contributed by atoms with Crippen LogP contribution in [0.5, 0.6) is 5.88 Å². The van der Waals surface area contributed by atoms with Crippen LogP contribution in [-0.4, -0.2) is 12.1 Å². The summed E-state index contributed by atoms with van der Waals surface area (Å²) < 4.78 is 5.34. The Morgan fingerprint density at radius 2 is 1.83 bits per heavy atom. The number of aromatic nitrogens is 1. The number of nitrogens with two attached hydrogens (primary N) is 1. The van der Waals surface area contributed by atoms with Crippen LogP contribution in [0.4, 0.5) is 0 Å². The largest absolute Gasteiger partial charge is 0.481 e. The van der Waals surface area contributed by atoms with Gasteiger partial charge in [0, 0.05) is 11.1 Å². The monoisotopic (exact) mass is 303 g/mol. The first-order chi connectivity index (χ1) is 11.0. The van der Waals surface area contributed by atoms with Gasteiger partial charge < -0.3 is 10.5 Å².